The maximum absolute atomic E-state index is 12.9. The van der Waals surface area contributed by atoms with E-state index in [1.165, 1.54) is 0 Å². The van der Waals surface area contributed by atoms with E-state index in [2.05, 4.69) is 33.5 Å². The van der Waals surface area contributed by atoms with E-state index in [4.69, 9.17) is 11.6 Å². The van der Waals surface area contributed by atoms with Gasteiger partial charge in [-0.3, -0.25) is 9.78 Å². The number of nitrogens with one attached hydrogen (secondary N) is 1. The van der Waals surface area contributed by atoms with Crippen molar-refractivity contribution >= 4 is 11.6 Å². The average Bonchev–Trinajstić information content (AvgIpc) is 2.66. The maximum Gasteiger partial charge on any atom is 0.268 e. The fourth-order valence-electron chi connectivity index (χ4n) is 3.10. The van der Waals surface area contributed by atoms with Gasteiger partial charge in [-0.2, -0.15) is 0 Å². The van der Waals surface area contributed by atoms with Crippen molar-refractivity contribution < 1.29 is 0 Å². The second-order valence-electron chi connectivity index (χ2n) is 8.44. The molecule has 3 rings (SSSR count). The highest BCUT2D eigenvalue weighted by Crippen LogP contribution is 2.26. The van der Waals surface area contributed by atoms with Crippen LogP contribution in [0.2, 0.25) is 0 Å². The Kier molecular flexibility index (Phi) is 5.56. The molecule has 144 valence electrons. The van der Waals surface area contributed by atoms with Gasteiger partial charge in [0.1, 0.15) is 5.56 Å². The molecule has 1 aromatic heterocycles. The van der Waals surface area contributed by atoms with Crippen LogP contribution in [0.5, 0.6) is 0 Å². The Hall–Kier alpha value is -3.05. The van der Waals surface area contributed by atoms with Crippen LogP contribution in [0.1, 0.15) is 46.1 Å². The van der Waals surface area contributed by atoms with E-state index < -0.39 is 0 Å². The summed E-state index contributed by atoms with van der Waals surface area (Å²) in [6, 6.07) is 7.15. The van der Waals surface area contributed by atoms with Gasteiger partial charge in [-0.15, -0.1) is 0 Å². The third kappa shape index (κ3) is 4.61. The number of aromatic nitrogens is 2. The van der Waals surface area contributed by atoms with Gasteiger partial charge in [0.05, 0.1) is 12.3 Å². The number of hydrogen-bond donors (Lipinski definition) is 1. The molecule has 0 bridgehead atoms. The van der Waals surface area contributed by atoms with Gasteiger partial charge in [-0.25, -0.2) is 9.83 Å². The lowest BCUT2D eigenvalue weighted by Crippen LogP contribution is -2.35. The second kappa shape index (κ2) is 7.90. The normalized spacial score (nSPS) is 14.9. The van der Waals surface area contributed by atoms with Crippen molar-refractivity contribution in [2.75, 3.05) is 18.0 Å². The van der Waals surface area contributed by atoms with Crippen LogP contribution in [0.3, 0.4) is 0 Å². The smallest absolute Gasteiger partial charge is 0.268 e. The summed E-state index contributed by atoms with van der Waals surface area (Å²) in [7, 11) is 0. The largest absolute Gasteiger partial charge is 0.342 e. The Bertz CT molecular complexity index is 1000. The van der Waals surface area contributed by atoms with E-state index in [1.54, 1.807) is 12.1 Å². The van der Waals surface area contributed by atoms with E-state index in [0.717, 1.165) is 31.5 Å². The summed E-state index contributed by atoms with van der Waals surface area (Å²) in [6.07, 6.45) is 2.18. The summed E-state index contributed by atoms with van der Waals surface area (Å²) >= 11 is 0. The number of hydrogen-bond acceptors (Lipinski definition) is 3. The monoisotopic (exact) mass is 374 g/mol. The fourth-order valence-corrected chi connectivity index (χ4v) is 3.10. The molecule has 5 nitrogen and oxygen atoms in total. The van der Waals surface area contributed by atoms with Gasteiger partial charge < -0.3 is 4.90 Å². The number of H-pyrrole nitrogens is 1. The highest BCUT2D eigenvalue weighted by molar-refractivity contribution is 5.70. The number of rotatable bonds is 2. The molecule has 0 amide bonds. The minimum Gasteiger partial charge on any atom is -0.342 e. The summed E-state index contributed by atoms with van der Waals surface area (Å²) < 4.78 is 0. The van der Waals surface area contributed by atoms with Gasteiger partial charge in [0.15, 0.2) is 5.69 Å². The molecule has 1 aliphatic heterocycles. The highest BCUT2D eigenvalue weighted by Gasteiger charge is 2.20. The number of nitrogens with zero attached hydrogens (tertiary/aromatic N) is 3. The maximum atomic E-state index is 12.9. The van der Waals surface area contributed by atoms with Crippen LogP contribution < -0.4 is 10.5 Å². The first kappa shape index (κ1) is 19.7. The van der Waals surface area contributed by atoms with Crippen molar-refractivity contribution in [3.63, 3.8) is 0 Å². The summed E-state index contributed by atoms with van der Waals surface area (Å²) in [5.74, 6) is 7.49. The van der Waals surface area contributed by atoms with Gasteiger partial charge in [-0.1, -0.05) is 43.0 Å². The molecule has 1 N–H and O–H groups in total. The van der Waals surface area contributed by atoms with Gasteiger partial charge in [0, 0.05) is 18.5 Å². The minimum atomic E-state index is -0.223. The Morgan fingerprint density at radius 2 is 1.86 bits per heavy atom. The Balaban J connectivity index is 2.12. The van der Waals surface area contributed by atoms with E-state index in [0.29, 0.717) is 28.8 Å². The van der Waals surface area contributed by atoms with Crippen LogP contribution in [0.15, 0.2) is 29.1 Å². The van der Waals surface area contributed by atoms with Crippen molar-refractivity contribution in [1.29, 1.82) is 0 Å². The first-order chi connectivity index (χ1) is 13.3. The predicted octanol–water partition coefficient (Wildman–Crippen LogP) is 4.62. The van der Waals surface area contributed by atoms with Gasteiger partial charge >= 0.3 is 0 Å². The molecule has 2 heterocycles. The Morgan fingerprint density at radius 3 is 2.43 bits per heavy atom. The average molecular weight is 374 g/mol. The van der Waals surface area contributed by atoms with Crippen LogP contribution in [0, 0.1) is 29.7 Å². The lowest BCUT2D eigenvalue weighted by molar-refractivity contribution is 0.434. The molecule has 2 aromatic rings. The highest BCUT2D eigenvalue weighted by atomic mass is 16.1. The molecule has 0 atom stereocenters. The number of piperidine rings is 1. The van der Waals surface area contributed by atoms with Gasteiger partial charge in [-0.05, 0) is 45.1 Å². The summed E-state index contributed by atoms with van der Waals surface area (Å²) in [5.41, 5.74) is 1.86. The van der Waals surface area contributed by atoms with Crippen LogP contribution in [-0.2, 0) is 0 Å². The zero-order chi connectivity index (χ0) is 20.3. The third-order valence-corrected chi connectivity index (χ3v) is 4.82. The SMILES string of the molecule is [C-]#[N+]c1ccc(-c2nc(N3CCC(C)CC3)[nH]c(=O)c2C#CC(C)(C)C)cc1. The van der Waals surface area contributed by atoms with E-state index in [-0.39, 0.29) is 11.0 Å². The number of anilines is 1. The molecule has 1 aliphatic rings. The molecular formula is C23H26N4O. The van der Waals surface area contributed by atoms with Gasteiger partial charge in [0.2, 0.25) is 5.95 Å². The van der Waals surface area contributed by atoms with E-state index in [1.807, 2.05) is 32.9 Å². The molecule has 0 aliphatic carbocycles. The van der Waals surface area contributed by atoms with Crippen molar-refractivity contribution in [3.8, 4) is 23.1 Å². The lowest BCUT2D eigenvalue weighted by atomic mass is 9.97. The lowest BCUT2D eigenvalue weighted by Gasteiger charge is -2.30. The van der Waals surface area contributed by atoms with Crippen LogP contribution >= 0.6 is 0 Å². The third-order valence-electron chi connectivity index (χ3n) is 4.82. The quantitative estimate of drug-likeness (QED) is 0.616. The first-order valence-corrected chi connectivity index (χ1v) is 9.67. The Morgan fingerprint density at radius 1 is 1.21 bits per heavy atom. The summed E-state index contributed by atoms with van der Waals surface area (Å²) in [5, 5.41) is 0. The molecule has 1 aromatic carbocycles. The summed E-state index contributed by atoms with van der Waals surface area (Å²) in [4.78, 5) is 26.2. The summed E-state index contributed by atoms with van der Waals surface area (Å²) in [6.45, 7) is 17.2. The molecule has 0 radical (unpaired) electrons. The van der Waals surface area contributed by atoms with Gasteiger partial charge in [0.25, 0.3) is 5.56 Å². The van der Waals surface area contributed by atoms with Crippen LogP contribution in [0.4, 0.5) is 11.6 Å². The molecule has 0 saturated carbocycles. The molecule has 5 heteroatoms. The topological polar surface area (TPSA) is 53.4 Å². The van der Waals surface area contributed by atoms with Crippen molar-refractivity contribution in [1.82, 2.24) is 9.97 Å². The van der Waals surface area contributed by atoms with Crippen molar-refractivity contribution in [2.24, 2.45) is 11.3 Å². The number of aromatic amines is 1. The molecule has 1 fully saturated rings. The zero-order valence-corrected chi connectivity index (χ0v) is 17.0. The van der Waals surface area contributed by atoms with E-state index in [9.17, 15) is 4.79 Å². The predicted molar refractivity (Wildman–Crippen MR) is 113 cm³/mol. The Labute approximate surface area is 166 Å². The molecule has 28 heavy (non-hydrogen) atoms. The molecule has 0 spiro atoms. The standard InChI is InChI=1S/C23H26N4O/c1-16-11-14-27(15-12-16)22-25-20(17-6-8-18(24-5)9-7-17)19(21(28)26-22)10-13-23(2,3)4/h6-9,16H,11-12,14-15H2,1-4H3,(H,25,26,28). The van der Waals surface area contributed by atoms with E-state index >= 15 is 0 Å². The van der Waals surface area contributed by atoms with Crippen LogP contribution in [0.25, 0.3) is 16.1 Å². The number of benzene rings is 1. The van der Waals surface area contributed by atoms with Crippen molar-refractivity contribution in [2.45, 2.75) is 40.5 Å². The fraction of sp³-hybridized carbons (Fsp3) is 0.435. The van der Waals surface area contributed by atoms with Crippen LogP contribution in [-0.4, -0.2) is 23.1 Å². The molecule has 0 unspecified atom stereocenters. The molecule has 1 saturated heterocycles. The molecular weight excluding hydrogens is 348 g/mol. The first-order valence-electron chi connectivity index (χ1n) is 9.67. The minimum absolute atomic E-state index is 0.218. The van der Waals surface area contributed by atoms with Crippen molar-refractivity contribution in [3.05, 3.63) is 51.6 Å². The zero-order valence-electron chi connectivity index (χ0n) is 17.0. The second-order valence-corrected chi connectivity index (χ2v) is 8.44.